The number of fused-ring (bicyclic) bond motifs is 3. The second-order valence-corrected chi connectivity index (χ2v) is 23.5. The van der Waals surface area contributed by atoms with E-state index in [4.69, 9.17) is 10.5 Å². The van der Waals surface area contributed by atoms with Gasteiger partial charge in [0.2, 0.25) is 29.5 Å². The van der Waals surface area contributed by atoms with Gasteiger partial charge in [-0.2, -0.15) is 8.78 Å². The summed E-state index contributed by atoms with van der Waals surface area (Å²) in [6, 6.07) is 20.2. The van der Waals surface area contributed by atoms with E-state index in [0.29, 0.717) is 53.6 Å². The smallest absolute Gasteiger partial charge is 0.404 e. The molecule has 4 aliphatic rings. The van der Waals surface area contributed by atoms with Crippen LogP contribution in [0, 0.1) is 23.7 Å². The average molecular weight is 1170 g/mol. The van der Waals surface area contributed by atoms with Gasteiger partial charge in [-0.1, -0.05) is 78.3 Å². The third kappa shape index (κ3) is 13.6. The highest BCUT2D eigenvalue weighted by Crippen LogP contribution is 2.59. The number of ether oxygens (including phenoxy) is 1. The maximum Gasteiger partial charge on any atom is 0.404 e. The fraction of sp³-hybridized carbons (Fsp3) is 0.356. The number of amides is 8. The topological polar surface area (TPSA) is 287 Å². The minimum absolute atomic E-state index is 0.0323. The van der Waals surface area contributed by atoms with Crippen LogP contribution in [0.2, 0.25) is 0 Å². The number of carbonyl (C=O) groups excluding carboxylic acids is 8. The quantitative estimate of drug-likeness (QED) is 0.0292. The van der Waals surface area contributed by atoms with E-state index in [0.717, 1.165) is 53.0 Å². The van der Waals surface area contributed by atoms with Gasteiger partial charge in [0.25, 0.3) is 11.8 Å². The first-order chi connectivity index (χ1) is 39.7. The number of thiophene rings is 1. The Kier molecular flexibility index (Phi) is 18.2. The molecule has 3 saturated heterocycles. The molecule has 3 fully saturated rings. The number of hydrogen-bond acceptors (Lipinski definition) is 12. The number of benzene rings is 4. The van der Waals surface area contributed by atoms with Gasteiger partial charge < -0.3 is 50.9 Å². The molecule has 83 heavy (non-hydrogen) atoms. The number of carbonyl (C=O) groups is 8. The van der Waals surface area contributed by atoms with Crippen molar-refractivity contribution in [1.29, 1.82) is 0 Å². The minimum Gasteiger partial charge on any atom is -0.447 e. The summed E-state index contributed by atoms with van der Waals surface area (Å²) in [6.45, 7) is 0.118. The van der Waals surface area contributed by atoms with Crippen LogP contribution in [0.5, 0.6) is 0 Å². The summed E-state index contributed by atoms with van der Waals surface area (Å²) in [7, 11) is -4.09. The SMILES string of the molecule is CN1CC[C@H]2CC[C@@H](C(=O)N[C@@H](COC(N)=O)C(=O)N[C@H](c3ccccc3)c3ccc(C#CCCCCC#Cc4cccc5c4CN(C4CCC(=O)NC4=O)C5=O)cc3)N2C(=O)[C@@H](NC(=O)c2cc3cc(C(F)(F)P(=O)(O)O)ccc3s2)C1. The van der Waals surface area contributed by atoms with Crippen LogP contribution in [0.15, 0.2) is 97.1 Å². The van der Waals surface area contributed by atoms with Gasteiger partial charge in [-0.25, -0.2) is 4.79 Å². The molecule has 0 aliphatic carbocycles. The van der Waals surface area contributed by atoms with Crippen LogP contribution < -0.4 is 27.0 Å². The van der Waals surface area contributed by atoms with Crippen molar-refractivity contribution < 1.29 is 66.2 Å². The summed E-state index contributed by atoms with van der Waals surface area (Å²) in [5.41, 5.74) is 4.01. The normalized spacial score (nSPS) is 19.8. The third-order valence-electron chi connectivity index (χ3n) is 15.0. The summed E-state index contributed by atoms with van der Waals surface area (Å²) in [5, 5.41) is 10.9. The molecule has 0 bridgehead atoms. The van der Waals surface area contributed by atoms with Crippen LogP contribution in [0.3, 0.4) is 0 Å². The predicted molar refractivity (Wildman–Crippen MR) is 300 cm³/mol. The number of nitrogens with one attached hydrogen (secondary N) is 4. The number of hydrogen-bond donors (Lipinski definition) is 7. The van der Waals surface area contributed by atoms with Crippen molar-refractivity contribution in [1.82, 2.24) is 36.0 Å². The standard InChI is InChI=1S/C59H59F2N8O12PS/c1-67-29-28-41-23-24-47(69(41)57(76)44(33-67)63-55(74)49-31-39-30-40(22-26-48(39)83-49)59(60,61)82(78,79)80)54(73)64-45(34-81-58(62)77)52(71)66-51(37-14-9-6-10-15-37)38-20-18-35(19-21-38)12-7-4-2-3-5-8-13-36-16-11-17-42-43(36)32-68(56(42)75)46-25-27-50(70)65-53(46)72/h6,9-11,14-22,26,30-31,41,44-47,51H,2-5,23-25,27-29,32-34H2,1H3,(H2,62,77)(H,63,74)(H,64,73)(H,66,71)(H,65,70,72)(H2,78,79,80)/t41-,44+,45+,46?,47+,51-/m1/s1. The van der Waals surface area contributed by atoms with Gasteiger partial charge in [0.05, 0.1) is 10.9 Å². The summed E-state index contributed by atoms with van der Waals surface area (Å²) in [4.78, 5) is 130. The molecule has 4 aromatic carbocycles. The molecule has 0 saturated carbocycles. The second-order valence-electron chi connectivity index (χ2n) is 20.7. The second kappa shape index (κ2) is 25.5. The molecule has 5 heterocycles. The van der Waals surface area contributed by atoms with Crippen LogP contribution >= 0.6 is 18.9 Å². The molecule has 8 N–H and O–H groups in total. The Bertz CT molecular complexity index is 3560. The number of likely N-dealkylation sites (N-methyl/N-ethyl adjacent to an activating group) is 1. The lowest BCUT2D eigenvalue weighted by atomic mass is 9.97. The molecule has 8 amide bonds. The summed E-state index contributed by atoms with van der Waals surface area (Å²) in [5.74, 6) is 8.96. The molecule has 0 spiro atoms. The van der Waals surface area contributed by atoms with Crippen LogP contribution in [0.4, 0.5) is 13.6 Å². The highest BCUT2D eigenvalue weighted by Gasteiger charge is 2.51. The number of rotatable bonds is 16. The molecule has 9 rings (SSSR count). The Morgan fingerprint density at radius 3 is 2.31 bits per heavy atom. The van der Waals surface area contributed by atoms with E-state index in [1.807, 2.05) is 53.4 Å². The molecule has 5 aromatic rings. The van der Waals surface area contributed by atoms with E-state index in [2.05, 4.69) is 44.9 Å². The fourth-order valence-corrected chi connectivity index (χ4v) is 12.1. The molecule has 1 unspecified atom stereocenters. The molecule has 432 valence electrons. The fourth-order valence-electron chi connectivity index (χ4n) is 10.7. The molecule has 0 radical (unpaired) electrons. The van der Waals surface area contributed by atoms with Gasteiger partial charge in [-0.15, -0.1) is 11.3 Å². The Morgan fingerprint density at radius 1 is 0.880 bits per heavy atom. The largest absolute Gasteiger partial charge is 0.447 e. The maximum atomic E-state index is 14.6. The molecule has 6 atom stereocenters. The van der Waals surface area contributed by atoms with Crippen LogP contribution in [0.25, 0.3) is 10.1 Å². The number of primary amides is 1. The molecule has 20 nitrogen and oxygen atoms in total. The van der Waals surface area contributed by atoms with Crippen molar-refractivity contribution in [2.75, 3.05) is 26.7 Å². The monoisotopic (exact) mass is 1170 g/mol. The Balaban J connectivity index is 0.821. The van der Waals surface area contributed by atoms with Gasteiger partial charge >= 0.3 is 19.4 Å². The van der Waals surface area contributed by atoms with E-state index in [1.165, 1.54) is 21.9 Å². The number of halogens is 2. The molecule has 4 aliphatic heterocycles. The van der Waals surface area contributed by atoms with Gasteiger partial charge in [0.1, 0.15) is 30.8 Å². The van der Waals surface area contributed by atoms with E-state index in [-0.39, 0.29) is 54.4 Å². The van der Waals surface area contributed by atoms with Gasteiger partial charge in [-0.3, -0.25) is 43.4 Å². The number of unbranched alkanes of at least 4 members (excludes halogenated alkanes) is 3. The van der Waals surface area contributed by atoms with E-state index >= 15 is 0 Å². The summed E-state index contributed by atoms with van der Waals surface area (Å²) in [6.07, 6.45) is 3.11. The number of imide groups is 1. The minimum atomic E-state index is -5.86. The number of alkyl halides is 2. The van der Waals surface area contributed by atoms with Crippen molar-refractivity contribution in [3.8, 4) is 23.7 Å². The summed E-state index contributed by atoms with van der Waals surface area (Å²) >= 11 is 0.923. The number of nitrogens with zero attached hydrogens (tertiary/aromatic N) is 3. The van der Waals surface area contributed by atoms with Crippen molar-refractivity contribution in [2.45, 2.75) is 106 Å². The zero-order valence-corrected chi connectivity index (χ0v) is 46.6. The van der Waals surface area contributed by atoms with E-state index in [1.54, 1.807) is 31.3 Å². The highest BCUT2D eigenvalue weighted by molar-refractivity contribution is 7.52. The lowest BCUT2D eigenvalue weighted by molar-refractivity contribution is -0.144. The zero-order valence-electron chi connectivity index (χ0n) is 44.9. The number of nitrogens with two attached hydrogens (primary N) is 1. The third-order valence-corrected chi connectivity index (χ3v) is 17.1. The summed E-state index contributed by atoms with van der Waals surface area (Å²) < 4.78 is 46.1. The van der Waals surface area contributed by atoms with E-state index < -0.39 is 97.3 Å². The van der Waals surface area contributed by atoms with Gasteiger partial charge in [-0.05, 0) is 117 Å². The number of piperidine rings is 1. The molecular weight excluding hydrogens is 1110 g/mol. The molecular formula is C59H59F2N8O12PS. The lowest BCUT2D eigenvalue weighted by Gasteiger charge is -2.38. The van der Waals surface area contributed by atoms with Crippen LogP contribution in [-0.4, -0.2) is 129 Å². The zero-order chi connectivity index (χ0) is 59.2. The highest BCUT2D eigenvalue weighted by atomic mass is 32.1. The maximum absolute atomic E-state index is 14.6. The Labute approximate surface area is 480 Å². The average Bonchev–Trinajstić information content (AvgIpc) is 2.84. The van der Waals surface area contributed by atoms with Crippen molar-refractivity contribution >= 4 is 76.5 Å². The Hall–Kier alpha value is -8.31. The first-order valence-electron chi connectivity index (χ1n) is 26.9. The first kappa shape index (κ1) is 59.3. The van der Waals surface area contributed by atoms with Crippen molar-refractivity contribution in [3.05, 3.63) is 141 Å². The lowest BCUT2D eigenvalue weighted by Crippen LogP contribution is -2.61. The van der Waals surface area contributed by atoms with Crippen LogP contribution in [0.1, 0.15) is 117 Å². The van der Waals surface area contributed by atoms with Crippen LogP contribution in [-0.2, 0) is 45.5 Å². The van der Waals surface area contributed by atoms with Crippen molar-refractivity contribution in [3.63, 3.8) is 0 Å². The predicted octanol–water partition coefficient (Wildman–Crippen LogP) is 5.13. The Morgan fingerprint density at radius 2 is 1.60 bits per heavy atom. The van der Waals surface area contributed by atoms with E-state index in [9.17, 15) is 61.5 Å². The first-order valence-corrected chi connectivity index (χ1v) is 29.3. The van der Waals surface area contributed by atoms with Crippen molar-refractivity contribution in [2.24, 2.45) is 5.73 Å². The molecule has 1 aromatic heterocycles. The molecule has 24 heteroatoms. The van der Waals surface area contributed by atoms with Gasteiger partial charge in [0, 0.05) is 65.3 Å². The van der Waals surface area contributed by atoms with Gasteiger partial charge in [0.15, 0.2) is 0 Å².